The number of nitrogens with one attached hydrogen (secondary N) is 1. The van der Waals surface area contributed by atoms with Gasteiger partial charge in [-0.25, -0.2) is 4.68 Å². The van der Waals surface area contributed by atoms with Crippen LogP contribution in [0.5, 0.6) is 0 Å². The van der Waals surface area contributed by atoms with Gasteiger partial charge in [0.1, 0.15) is 0 Å². The van der Waals surface area contributed by atoms with Gasteiger partial charge >= 0.3 is 0 Å². The summed E-state index contributed by atoms with van der Waals surface area (Å²) < 4.78 is 1.63. The summed E-state index contributed by atoms with van der Waals surface area (Å²) in [5.74, 6) is 1.46. The monoisotopic (exact) mass is 273 g/mol. The third kappa shape index (κ3) is 5.01. The van der Waals surface area contributed by atoms with E-state index in [1.807, 2.05) is 6.92 Å². The van der Waals surface area contributed by atoms with E-state index >= 15 is 0 Å². The molecule has 0 saturated heterocycles. The maximum atomic E-state index is 11.5. The lowest BCUT2D eigenvalue weighted by molar-refractivity contribution is -0.121. The highest BCUT2D eigenvalue weighted by molar-refractivity contribution is 7.99. The average molecular weight is 273 g/mol. The number of thioether (sulfide) groups is 1. The third-order valence-electron chi connectivity index (χ3n) is 2.46. The van der Waals surface area contributed by atoms with Crippen molar-refractivity contribution in [3.63, 3.8) is 0 Å². The fraction of sp³-hybridized carbons (Fsp3) is 0.800. The molecule has 0 aliphatic heterocycles. The number of amides is 1. The van der Waals surface area contributed by atoms with E-state index in [2.05, 4.69) is 20.8 Å². The Balaban J connectivity index is 2.33. The lowest BCUT2D eigenvalue weighted by Gasteiger charge is -2.13. The lowest BCUT2D eigenvalue weighted by Crippen LogP contribution is -2.28. The second-order valence-electron chi connectivity index (χ2n) is 3.84. The first-order valence-electron chi connectivity index (χ1n) is 5.87. The molecule has 1 atom stereocenters. The van der Waals surface area contributed by atoms with E-state index in [4.69, 9.17) is 5.11 Å². The first kappa shape index (κ1) is 14.9. The smallest absolute Gasteiger partial charge is 0.221 e. The number of hydrogen-bond donors (Lipinski definition) is 2. The molecular weight excluding hydrogens is 254 g/mol. The SMILES string of the molecule is CCC(CC(=O)NCCO)SCc1nnnn1C. The van der Waals surface area contributed by atoms with E-state index in [1.54, 1.807) is 23.5 Å². The van der Waals surface area contributed by atoms with E-state index in [0.717, 1.165) is 12.2 Å². The van der Waals surface area contributed by atoms with Crippen LogP contribution in [0, 0.1) is 0 Å². The largest absolute Gasteiger partial charge is 0.395 e. The minimum Gasteiger partial charge on any atom is -0.395 e. The lowest BCUT2D eigenvalue weighted by atomic mass is 10.2. The van der Waals surface area contributed by atoms with Crippen molar-refractivity contribution in [2.45, 2.75) is 30.8 Å². The Bertz CT molecular complexity index is 371. The van der Waals surface area contributed by atoms with Crippen LogP contribution in [0.3, 0.4) is 0 Å². The number of carbonyl (C=O) groups is 1. The molecule has 0 spiro atoms. The standard InChI is InChI=1S/C10H19N5O2S/c1-3-8(6-10(17)11-4-5-16)18-7-9-12-13-14-15(9)2/h8,16H,3-7H2,1-2H3,(H,11,17). The molecule has 0 fully saturated rings. The normalized spacial score (nSPS) is 12.4. The molecule has 1 amide bonds. The van der Waals surface area contributed by atoms with Crippen molar-refractivity contribution in [1.29, 1.82) is 0 Å². The Kier molecular flexibility index (Phi) is 6.66. The van der Waals surface area contributed by atoms with Crippen molar-refractivity contribution in [3.05, 3.63) is 5.82 Å². The number of tetrazole rings is 1. The first-order chi connectivity index (χ1) is 8.67. The molecule has 2 N–H and O–H groups in total. The molecule has 1 rings (SSSR count). The van der Waals surface area contributed by atoms with Crippen LogP contribution in [-0.2, 0) is 17.6 Å². The molecule has 18 heavy (non-hydrogen) atoms. The Hall–Kier alpha value is -1.15. The highest BCUT2D eigenvalue weighted by Crippen LogP contribution is 2.21. The fourth-order valence-corrected chi connectivity index (χ4v) is 2.49. The van der Waals surface area contributed by atoms with Gasteiger partial charge in [0.05, 0.1) is 12.4 Å². The van der Waals surface area contributed by atoms with Crippen LogP contribution in [0.15, 0.2) is 0 Å². The van der Waals surface area contributed by atoms with E-state index in [0.29, 0.717) is 18.7 Å². The molecule has 0 saturated carbocycles. The molecule has 1 unspecified atom stereocenters. The van der Waals surface area contributed by atoms with Crippen LogP contribution in [0.1, 0.15) is 25.6 Å². The van der Waals surface area contributed by atoms with Gasteiger partial charge in [0.2, 0.25) is 5.91 Å². The third-order valence-corrected chi connectivity index (χ3v) is 3.85. The first-order valence-corrected chi connectivity index (χ1v) is 6.92. The number of carbonyl (C=O) groups excluding carboxylic acids is 1. The van der Waals surface area contributed by atoms with Gasteiger partial charge in [-0.15, -0.1) is 16.9 Å². The molecule has 102 valence electrons. The van der Waals surface area contributed by atoms with Crippen molar-refractivity contribution < 1.29 is 9.90 Å². The van der Waals surface area contributed by atoms with E-state index < -0.39 is 0 Å². The van der Waals surface area contributed by atoms with Crippen LogP contribution in [-0.4, -0.2) is 49.6 Å². The average Bonchev–Trinajstić information content (AvgIpc) is 2.77. The molecule has 8 heteroatoms. The second kappa shape index (κ2) is 8.04. The van der Waals surface area contributed by atoms with Crippen LogP contribution in [0.4, 0.5) is 0 Å². The topological polar surface area (TPSA) is 92.9 Å². The van der Waals surface area contributed by atoms with Crippen LogP contribution >= 0.6 is 11.8 Å². The molecule has 1 aromatic heterocycles. The van der Waals surface area contributed by atoms with Gasteiger partial charge in [-0.3, -0.25) is 4.79 Å². The second-order valence-corrected chi connectivity index (χ2v) is 5.13. The number of aromatic nitrogens is 4. The van der Waals surface area contributed by atoms with Crippen LogP contribution in [0.2, 0.25) is 0 Å². The molecular formula is C10H19N5O2S. The maximum absolute atomic E-state index is 11.5. The van der Waals surface area contributed by atoms with Crippen molar-refractivity contribution in [2.75, 3.05) is 13.2 Å². The molecule has 0 aliphatic carbocycles. The number of aliphatic hydroxyl groups is 1. The summed E-state index contributed by atoms with van der Waals surface area (Å²) in [4.78, 5) is 11.5. The van der Waals surface area contributed by atoms with Gasteiger partial charge < -0.3 is 10.4 Å². The molecule has 0 aromatic carbocycles. The Morgan fingerprint density at radius 1 is 1.61 bits per heavy atom. The summed E-state index contributed by atoms with van der Waals surface area (Å²) >= 11 is 1.67. The van der Waals surface area contributed by atoms with Gasteiger partial charge in [-0.05, 0) is 16.8 Å². The zero-order chi connectivity index (χ0) is 13.4. The number of rotatable bonds is 8. The molecule has 7 nitrogen and oxygen atoms in total. The quantitative estimate of drug-likeness (QED) is 0.677. The molecule has 0 radical (unpaired) electrons. The zero-order valence-electron chi connectivity index (χ0n) is 10.7. The van der Waals surface area contributed by atoms with Crippen molar-refractivity contribution >= 4 is 17.7 Å². The van der Waals surface area contributed by atoms with E-state index in [-0.39, 0.29) is 17.8 Å². The van der Waals surface area contributed by atoms with Gasteiger partial charge in [-0.2, -0.15) is 0 Å². The maximum Gasteiger partial charge on any atom is 0.221 e. The van der Waals surface area contributed by atoms with Crippen molar-refractivity contribution in [1.82, 2.24) is 25.5 Å². The van der Waals surface area contributed by atoms with Gasteiger partial charge in [0.25, 0.3) is 0 Å². The summed E-state index contributed by atoms with van der Waals surface area (Å²) in [5, 5.41) is 22.7. The Morgan fingerprint density at radius 2 is 2.39 bits per heavy atom. The highest BCUT2D eigenvalue weighted by Gasteiger charge is 2.14. The van der Waals surface area contributed by atoms with E-state index in [9.17, 15) is 4.79 Å². The molecule has 0 bridgehead atoms. The molecule has 1 aromatic rings. The number of hydrogen-bond acceptors (Lipinski definition) is 6. The summed E-state index contributed by atoms with van der Waals surface area (Å²) in [5.41, 5.74) is 0. The number of nitrogens with zero attached hydrogens (tertiary/aromatic N) is 4. The summed E-state index contributed by atoms with van der Waals surface area (Å²) in [7, 11) is 1.80. The Labute approximate surface area is 110 Å². The van der Waals surface area contributed by atoms with E-state index in [1.165, 1.54) is 0 Å². The summed E-state index contributed by atoms with van der Waals surface area (Å²) in [6.45, 7) is 2.33. The number of aliphatic hydroxyl groups excluding tert-OH is 1. The zero-order valence-corrected chi connectivity index (χ0v) is 11.5. The summed E-state index contributed by atoms with van der Waals surface area (Å²) in [6, 6.07) is 0. The van der Waals surface area contributed by atoms with Crippen LogP contribution < -0.4 is 5.32 Å². The highest BCUT2D eigenvalue weighted by atomic mass is 32.2. The predicted octanol–water partition coefficient (Wildman–Crippen LogP) is -0.279. The van der Waals surface area contributed by atoms with Gasteiger partial charge in [0.15, 0.2) is 5.82 Å². The minimum atomic E-state index is -0.0282. The predicted molar refractivity (Wildman–Crippen MR) is 68.9 cm³/mol. The summed E-state index contributed by atoms with van der Waals surface area (Å²) in [6.07, 6.45) is 1.36. The van der Waals surface area contributed by atoms with Gasteiger partial charge in [-0.1, -0.05) is 6.92 Å². The molecule has 0 aliphatic rings. The number of aryl methyl sites for hydroxylation is 1. The van der Waals surface area contributed by atoms with Crippen LogP contribution in [0.25, 0.3) is 0 Å². The fourth-order valence-electron chi connectivity index (χ4n) is 1.36. The Morgan fingerprint density at radius 3 is 2.94 bits per heavy atom. The van der Waals surface area contributed by atoms with Crippen molar-refractivity contribution in [2.24, 2.45) is 7.05 Å². The van der Waals surface area contributed by atoms with Gasteiger partial charge in [0, 0.05) is 25.3 Å². The van der Waals surface area contributed by atoms with Crippen molar-refractivity contribution in [3.8, 4) is 0 Å². The molecule has 1 heterocycles. The minimum absolute atomic E-state index is 0.0275.